The third-order valence-corrected chi connectivity index (χ3v) is 8.87. The minimum absolute atomic E-state index is 0.0848. The summed E-state index contributed by atoms with van der Waals surface area (Å²) >= 11 is 12.3. The van der Waals surface area contributed by atoms with Crippen molar-refractivity contribution in [2.75, 3.05) is 31.6 Å². The second-order valence-corrected chi connectivity index (χ2v) is 11.4. The zero-order valence-electron chi connectivity index (χ0n) is 17.6. The summed E-state index contributed by atoms with van der Waals surface area (Å²) < 4.78 is 5.86. The highest BCUT2D eigenvalue weighted by Gasteiger charge is 2.40. The molecule has 1 aromatic heterocycles. The number of carbonyl (C=O) groups is 1. The fourth-order valence-corrected chi connectivity index (χ4v) is 7.28. The van der Waals surface area contributed by atoms with Gasteiger partial charge in [0.15, 0.2) is 0 Å². The molecule has 2 saturated heterocycles. The second kappa shape index (κ2) is 9.38. The summed E-state index contributed by atoms with van der Waals surface area (Å²) in [4.78, 5) is 37.4. The van der Waals surface area contributed by atoms with Gasteiger partial charge in [0.05, 0.1) is 22.5 Å². The van der Waals surface area contributed by atoms with Gasteiger partial charge in [-0.1, -0.05) is 44.8 Å². The third-order valence-electron chi connectivity index (χ3n) is 5.96. The number of aromatic amines is 1. The Morgan fingerprint density at radius 3 is 2.64 bits per heavy atom. The van der Waals surface area contributed by atoms with Gasteiger partial charge in [0.25, 0.3) is 5.56 Å². The number of carbonyl (C=O) groups excluding carboxylic acids is 1. The van der Waals surface area contributed by atoms with Crippen LogP contribution in [0.1, 0.15) is 0 Å². The predicted octanol–water partition coefficient (Wildman–Crippen LogP) is 4.78. The number of fused-ring (bicyclic) bond motifs is 2. The minimum Gasteiger partial charge on any atom is -0.409 e. The Morgan fingerprint density at radius 1 is 1.09 bits per heavy atom. The molecule has 2 fully saturated rings. The molecule has 0 bridgehead atoms. The molecule has 0 radical (unpaired) electrons. The smallest absolute Gasteiger partial charge is 0.409 e. The quantitative estimate of drug-likeness (QED) is 0.485. The van der Waals surface area contributed by atoms with Crippen LogP contribution in [0.5, 0.6) is 5.75 Å². The molecule has 33 heavy (non-hydrogen) atoms. The largest absolute Gasteiger partial charge is 0.415 e. The molecule has 0 unspecified atom stereocenters. The maximum atomic E-state index is 13.2. The van der Waals surface area contributed by atoms with Crippen LogP contribution >= 0.6 is 44.8 Å². The predicted molar refractivity (Wildman–Crippen MR) is 136 cm³/mol. The van der Waals surface area contributed by atoms with Crippen LogP contribution in [0.25, 0.3) is 22.3 Å². The van der Waals surface area contributed by atoms with E-state index in [1.807, 2.05) is 15.7 Å². The van der Waals surface area contributed by atoms with E-state index < -0.39 is 6.09 Å². The van der Waals surface area contributed by atoms with Gasteiger partial charge in [0.2, 0.25) is 0 Å². The molecule has 0 spiro atoms. The van der Waals surface area contributed by atoms with Crippen LogP contribution in [-0.2, 0) is 0 Å². The van der Waals surface area contributed by atoms with Crippen molar-refractivity contribution in [1.82, 2.24) is 19.8 Å². The average molecular weight is 523 g/mol. The Morgan fingerprint density at radius 2 is 1.82 bits per heavy atom. The molecule has 3 heterocycles. The molecule has 2 aromatic carbocycles. The van der Waals surface area contributed by atoms with Crippen LogP contribution in [0.2, 0.25) is 10.0 Å². The van der Waals surface area contributed by atoms with Gasteiger partial charge in [-0.25, -0.2) is 9.78 Å². The summed E-state index contributed by atoms with van der Waals surface area (Å²) in [5, 5.41) is 1.26. The van der Waals surface area contributed by atoms with Crippen molar-refractivity contribution in [3.8, 4) is 17.1 Å². The molecule has 2 aliphatic heterocycles. The average Bonchev–Trinajstić information content (AvgIpc) is 2.81. The topological polar surface area (TPSA) is 78.5 Å². The lowest BCUT2D eigenvalue weighted by Crippen LogP contribution is -2.63. The molecule has 0 aliphatic carbocycles. The van der Waals surface area contributed by atoms with Crippen LogP contribution in [0.15, 0.2) is 41.2 Å². The van der Waals surface area contributed by atoms with Gasteiger partial charge in [0, 0.05) is 40.7 Å². The highest BCUT2D eigenvalue weighted by atomic mass is 35.5. The fourth-order valence-electron chi connectivity index (χ4n) is 4.17. The summed E-state index contributed by atoms with van der Waals surface area (Å²) in [5.41, 5.74) is 0.575. The molecule has 7 nitrogen and oxygen atoms in total. The van der Waals surface area contributed by atoms with Crippen LogP contribution in [0.4, 0.5) is 4.79 Å². The van der Waals surface area contributed by atoms with Gasteiger partial charge in [0.1, 0.15) is 11.6 Å². The molecule has 1 N–H and O–H groups in total. The van der Waals surface area contributed by atoms with E-state index in [1.54, 1.807) is 47.2 Å². The van der Waals surface area contributed by atoms with Crippen molar-refractivity contribution in [1.29, 1.82) is 0 Å². The Hall–Kier alpha value is -1.91. The second-order valence-electron chi connectivity index (χ2n) is 7.96. The number of amides is 1. The first kappa shape index (κ1) is 22.9. The fraction of sp³-hybridized carbons (Fsp3) is 0.318. The van der Waals surface area contributed by atoms with Crippen molar-refractivity contribution in [3.63, 3.8) is 0 Å². The monoisotopic (exact) mass is 522 g/mol. The molecule has 172 valence electrons. The van der Waals surface area contributed by atoms with Gasteiger partial charge in [-0.15, -0.1) is 0 Å². The summed E-state index contributed by atoms with van der Waals surface area (Å²) in [7, 11) is 5.72. The summed E-state index contributed by atoms with van der Waals surface area (Å²) in [6, 6.07) is 10.2. The number of hydrogen-bond acceptors (Lipinski definition) is 7. The molecule has 1 amide bonds. The maximum absolute atomic E-state index is 13.2. The van der Waals surface area contributed by atoms with Crippen LogP contribution in [-0.4, -0.2) is 69.6 Å². The highest BCUT2D eigenvalue weighted by Crippen LogP contribution is 2.37. The van der Waals surface area contributed by atoms with E-state index in [4.69, 9.17) is 27.9 Å². The number of ether oxygens (including phenoxy) is 1. The summed E-state index contributed by atoms with van der Waals surface area (Å²) in [6.07, 6.45) is -0.413. The molecular formula is C22H20Cl2N4O3S2. The lowest BCUT2D eigenvalue weighted by Gasteiger charge is -2.47. The van der Waals surface area contributed by atoms with E-state index in [-0.39, 0.29) is 23.2 Å². The zero-order valence-corrected chi connectivity index (χ0v) is 20.7. The van der Waals surface area contributed by atoms with Crippen LogP contribution < -0.4 is 10.3 Å². The Kier molecular flexibility index (Phi) is 6.50. The van der Waals surface area contributed by atoms with E-state index >= 15 is 0 Å². The van der Waals surface area contributed by atoms with Gasteiger partial charge in [-0.3, -0.25) is 9.69 Å². The van der Waals surface area contributed by atoms with E-state index in [0.717, 1.165) is 18.1 Å². The van der Waals surface area contributed by atoms with Crippen LogP contribution in [0.3, 0.4) is 0 Å². The lowest BCUT2D eigenvalue weighted by molar-refractivity contribution is 0.0587. The van der Waals surface area contributed by atoms with Gasteiger partial charge < -0.3 is 14.6 Å². The maximum Gasteiger partial charge on any atom is 0.415 e. The molecule has 5 rings (SSSR count). The Balaban J connectivity index is 1.48. The minimum atomic E-state index is -0.413. The number of nitrogens with one attached hydrogen (secondary N) is 1. The molecule has 2 aliphatic rings. The Labute approximate surface area is 208 Å². The lowest BCUT2D eigenvalue weighted by atomic mass is 10.1. The standard InChI is InChI=1S/C22H20Cl2N4O3S2/c1-27-6-7-28(18-11-33-32-10-17(18)27)22(30)31-19-5-3-13(24)9-15(19)20-25-16-4-2-12(23)8-14(16)21(29)26-20/h2-5,8-9,17-18H,6-7,10-11H2,1H3,(H,25,26,29)/t17-,18-/m1/s1. The van der Waals surface area contributed by atoms with Crippen molar-refractivity contribution in [3.05, 3.63) is 56.8 Å². The van der Waals surface area contributed by atoms with Gasteiger partial charge >= 0.3 is 6.09 Å². The van der Waals surface area contributed by atoms with Gasteiger partial charge in [-0.05, 0) is 43.4 Å². The molecule has 0 saturated carbocycles. The summed E-state index contributed by atoms with van der Waals surface area (Å²) in [5.74, 6) is 2.37. The number of hydrogen-bond donors (Lipinski definition) is 1. The SMILES string of the molecule is CN1CCN(C(=O)Oc2ccc(Cl)cc2-c2nc3ccc(Cl)cc3c(=O)[nH]2)[C@@H]2CSSC[C@H]21. The van der Waals surface area contributed by atoms with E-state index in [2.05, 4.69) is 21.9 Å². The number of benzene rings is 2. The van der Waals surface area contributed by atoms with E-state index in [1.165, 1.54) is 0 Å². The normalized spacial score (nSPS) is 21.1. The number of nitrogens with zero attached hydrogens (tertiary/aromatic N) is 3. The first-order valence-corrected chi connectivity index (χ1v) is 13.6. The van der Waals surface area contributed by atoms with Crippen molar-refractivity contribution in [2.24, 2.45) is 0 Å². The third kappa shape index (κ3) is 4.57. The molecule has 3 aromatic rings. The number of likely N-dealkylation sites (N-methyl/N-ethyl adjacent to an activating group) is 1. The molecule has 2 atom stereocenters. The highest BCUT2D eigenvalue weighted by molar-refractivity contribution is 8.76. The molecular weight excluding hydrogens is 503 g/mol. The molecule has 11 heteroatoms. The Bertz CT molecular complexity index is 1290. The van der Waals surface area contributed by atoms with Crippen molar-refractivity contribution in [2.45, 2.75) is 12.1 Å². The number of halogens is 2. The van der Waals surface area contributed by atoms with E-state index in [9.17, 15) is 9.59 Å². The summed E-state index contributed by atoms with van der Waals surface area (Å²) in [6.45, 7) is 1.38. The first-order chi connectivity index (χ1) is 15.9. The van der Waals surface area contributed by atoms with Crippen molar-refractivity contribution < 1.29 is 9.53 Å². The van der Waals surface area contributed by atoms with Gasteiger partial charge in [-0.2, -0.15) is 0 Å². The van der Waals surface area contributed by atoms with Crippen molar-refractivity contribution >= 4 is 61.8 Å². The number of piperazine rings is 1. The van der Waals surface area contributed by atoms with Crippen LogP contribution in [0, 0.1) is 0 Å². The number of H-pyrrole nitrogens is 1. The van der Waals surface area contributed by atoms with E-state index in [0.29, 0.717) is 39.1 Å². The number of aromatic nitrogens is 2. The number of rotatable bonds is 2. The first-order valence-electron chi connectivity index (χ1n) is 10.3. The zero-order chi connectivity index (χ0) is 23.1.